The Labute approximate surface area is 126 Å². The molecule has 21 heavy (non-hydrogen) atoms. The van der Waals surface area contributed by atoms with Crippen molar-refractivity contribution >= 4 is 5.91 Å². The van der Waals surface area contributed by atoms with Crippen LogP contribution in [0.15, 0.2) is 18.5 Å². The van der Waals surface area contributed by atoms with Crippen molar-refractivity contribution in [3.05, 3.63) is 18.5 Å². The van der Waals surface area contributed by atoms with Gasteiger partial charge in [0.05, 0.1) is 25.7 Å². The summed E-state index contributed by atoms with van der Waals surface area (Å²) in [6.45, 7) is 10.9. The van der Waals surface area contributed by atoms with Crippen LogP contribution in [-0.4, -0.2) is 59.0 Å². The number of rotatable bonds is 6. The number of hydrogen-bond acceptors (Lipinski definition) is 4. The minimum atomic E-state index is -0.0922. The Morgan fingerprint density at radius 2 is 2.14 bits per heavy atom. The molecule has 0 radical (unpaired) electrons. The highest BCUT2D eigenvalue weighted by Gasteiger charge is 2.29. The van der Waals surface area contributed by atoms with E-state index in [4.69, 9.17) is 4.74 Å². The smallest absolute Gasteiger partial charge is 0.224 e. The molecule has 1 unspecified atom stereocenters. The molecular formula is C15H26N4O2. The predicted octanol–water partition coefficient (Wildman–Crippen LogP) is 0.746. The Balaban J connectivity index is 1.79. The van der Waals surface area contributed by atoms with Gasteiger partial charge >= 0.3 is 0 Å². The molecule has 6 nitrogen and oxygen atoms in total. The van der Waals surface area contributed by atoms with Gasteiger partial charge in [0.25, 0.3) is 0 Å². The van der Waals surface area contributed by atoms with Crippen LogP contribution in [-0.2, 0) is 16.1 Å². The quantitative estimate of drug-likeness (QED) is 0.841. The van der Waals surface area contributed by atoms with Crippen molar-refractivity contribution in [1.82, 2.24) is 20.0 Å². The molecule has 0 spiro atoms. The topological polar surface area (TPSA) is 59.4 Å². The maximum Gasteiger partial charge on any atom is 0.224 e. The first-order chi connectivity index (χ1) is 9.99. The summed E-state index contributed by atoms with van der Waals surface area (Å²) >= 11 is 0. The third kappa shape index (κ3) is 4.54. The number of aromatic nitrogens is 2. The Morgan fingerprint density at radius 3 is 2.76 bits per heavy atom. The highest BCUT2D eigenvalue weighted by atomic mass is 16.5. The fourth-order valence-electron chi connectivity index (χ4n) is 2.53. The molecule has 2 rings (SSSR count). The highest BCUT2D eigenvalue weighted by molar-refractivity contribution is 5.78. The Kier molecular flexibility index (Phi) is 5.36. The van der Waals surface area contributed by atoms with Crippen molar-refractivity contribution in [2.24, 2.45) is 5.92 Å². The highest BCUT2D eigenvalue weighted by Crippen LogP contribution is 2.15. The second-order valence-corrected chi connectivity index (χ2v) is 6.26. The van der Waals surface area contributed by atoms with Gasteiger partial charge in [-0.2, -0.15) is 5.10 Å². The second kappa shape index (κ2) is 7.04. The van der Waals surface area contributed by atoms with E-state index in [1.165, 1.54) is 0 Å². The number of carbonyl (C=O) groups is 1. The van der Waals surface area contributed by atoms with E-state index in [1.807, 2.05) is 19.2 Å². The first kappa shape index (κ1) is 16.0. The number of hydrogen-bond donors (Lipinski definition) is 1. The standard InChI is InChI=1S/C15H26N4O2/c1-13(11-19-6-4-5-17-19)14(20)16-12-15(2,3)18-7-9-21-10-8-18/h4-6,13H,7-12H2,1-3H3,(H,16,20). The fraction of sp³-hybridized carbons (Fsp3) is 0.733. The molecule has 1 aromatic rings. The molecule has 6 heteroatoms. The monoisotopic (exact) mass is 294 g/mol. The van der Waals surface area contributed by atoms with Gasteiger partial charge in [-0.05, 0) is 19.9 Å². The van der Waals surface area contributed by atoms with E-state index in [-0.39, 0.29) is 17.4 Å². The number of amides is 1. The van der Waals surface area contributed by atoms with Gasteiger partial charge in [0.2, 0.25) is 5.91 Å². The number of nitrogens with one attached hydrogen (secondary N) is 1. The van der Waals surface area contributed by atoms with Crippen molar-refractivity contribution in [2.75, 3.05) is 32.8 Å². The molecule has 0 aliphatic carbocycles. The van der Waals surface area contributed by atoms with Crippen LogP contribution in [0.25, 0.3) is 0 Å². The lowest BCUT2D eigenvalue weighted by Gasteiger charge is -2.41. The fourth-order valence-corrected chi connectivity index (χ4v) is 2.53. The van der Waals surface area contributed by atoms with E-state index in [0.29, 0.717) is 13.1 Å². The van der Waals surface area contributed by atoms with Gasteiger partial charge in [-0.1, -0.05) is 6.92 Å². The van der Waals surface area contributed by atoms with E-state index < -0.39 is 0 Å². The van der Waals surface area contributed by atoms with E-state index in [0.717, 1.165) is 26.3 Å². The SMILES string of the molecule is CC(Cn1cccn1)C(=O)NCC(C)(C)N1CCOCC1. The van der Waals surface area contributed by atoms with Crippen LogP contribution in [0.3, 0.4) is 0 Å². The van der Waals surface area contributed by atoms with E-state index in [9.17, 15) is 4.79 Å². The Bertz CT molecular complexity index is 439. The molecule has 1 aliphatic rings. The van der Waals surface area contributed by atoms with Gasteiger partial charge in [0.15, 0.2) is 0 Å². The molecule has 1 N–H and O–H groups in total. The predicted molar refractivity (Wildman–Crippen MR) is 80.9 cm³/mol. The maximum absolute atomic E-state index is 12.2. The Hall–Kier alpha value is -1.40. The normalized spacial score (nSPS) is 18.4. The number of morpholine rings is 1. The first-order valence-corrected chi connectivity index (χ1v) is 7.57. The molecule has 1 atom stereocenters. The van der Waals surface area contributed by atoms with Crippen molar-refractivity contribution in [2.45, 2.75) is 32.9 Å². The van der Waals surface area contributed by atoms with Gasteiger partial charge in [-0.25, -0.2) is 0 Å². The molecule has 0 saturated carbocycles. The zero-order valence-electron chi connectivity index (χ0n) is 13.2. The van der Waals surface area contributed by atoms with Crippen LogP contribution in [0.1, 0.15) is 20.8 Å². The van der Waals surface area contributed by atoms with Crippen LogP contribution < -0.4 is 5.32 Å². The molecule has 0 bridgehead atoms. The second-order valence-electron chi connectivity index (χ2n) is 6.26. The van der Waals surface area contributed by atoms with Crippen LogP contribution in [0.2, 0.25) is 0 Å². The third-order valence-corrected chi connectivity index (χ3v) is 4.03. The van der Waals surface area contributed by atoms with E-state index in [2.05, 4.69) is 29.2 Å². The lowest BCUT2D eigenvalue weighted by molar-refractivity contribution is -0.125. The zero-order chi connectivity index (χ0) is 15.3. The molecule has 1 aliphatic heterocycles. The summed E-state index contributed by atoms with van der Waals surface area (Å²) in [5.41, 5.74) is -0.0507. The molecule has 1 saturated heterocycles. The number of nitrogens with zero attached hydrogens (tertiary/aromatic N) is 3. The summed E-state index contributed by atoms with van der Waals surface area (Å²) in [6.07, 6.45) is 3.60. The summed E-state index contributed by atoms with van der Waals surface area (Å²) in [5, 5.41) is 7.21. The molecule has 0 aromatic carbocycles. The van der Waals surface area contributed by atoms with Gasteiger partial charge in [-0.3, -0.25) is 14.4 Å². The van der Waals surface area contributed by atoms with E-state index >= 15 is 0 Å². The van der Waals surface area contributed by atoms with Crippen LogP contribution in [0, 0.1) is 5.92 Å². The summed E-state index contributed by atoms with van der Waals surface area (Å²) in [6, 6.07) is 1.87. The van der Waals surface area contributed by atoms with Crippen molar-refractivity contribution in [1.29, 1.82) is 0 Å². The summed E-state index contributed by atoms with van der Waals surface area (Å²) in [4.78, 5) is 14.6. The molecule has 1 aromatic heterocycles. The van der Waals surface area contributed by atoms with Crippen molar-refractivity contribution < 1.29 is 9.53 Å². The molecule has 1 amide bonds. The van der Waals surface area contributed by atoms with Crippen LogP contribution in [0.5, 0.6) is 0 Å². The minimum Gasteiger partial charge on any atom is -0.379 e. The molecule has 118 valence electrons. The average molecular weight is 294 g/mol. The van der Waals surface area contributed by atoms with Gasteiger partial charge in [0.1, 0.15) is 0 Å². The van der Waals surface area contributed by atoms with Gasteiger partial charge in [0, 0.05) is 37.6 Å². The molecule has 1 fully saturated rings. The summed E-state index contributed by atoms with van der Waals surface area (Å²) in [5.74, 6) is -0.0165. The Morgan fingerprint density at radius 1 is 1.43 bits per heavy atom. The first-order valence-electron chi connectivity index (χ1n) is 7.57. The van der Waals surface area contributed by atoms with Crippen molar-refractivity contribution in [3.8, 4) is 0 Å². The average Bonchev–Trinajstić information content (AvgIpc) is 2.98. The van der Waals surface area contributed by atoms with E-state index in [1.54, 1.807) is 10.9 Å². The van der Waals surface area contributed by atoms with Gasteiger partial charge < -0.3 is 10.1 Å². The largest absolute Gasteiger partial charge is 0.379 e. The summed E-state index contributed by atoms with van der Waals surface area (Å²) < 4.78 is 7.17. The zero-order valence-corrected chi connectivity index (χ0v) is 13.2. The molecule has 2 heterocycles. The lowest BCUT2D eigenvalue weighted by atomic mass is 10.0. The summed E-state index contributed by atoms with van der Waals surface area (Å²) in [7, 11) is 0. The lowest BCUT2D eigenvalue weighted by Crippen LogP contribution is -2.55. The number of carbonyl (C=O) groups excluding carboxylic acids is 1. The van der Waals surface area contributed by atoms with Crippen LogP contribution >= 0.6 is 0 Å². The van der Waals surface area contributed by atoms with Crippen LogP contribution in [0.4, 0.5) is 0 Å². The third-order valence-electron chi connectivity index (χ3n) is 4.03. The maximum atomic E-state index is 12.2. The van der Waals surface area contributed by atoms with Gasteiger partial charge in [-0.15, -0.1) is 0 Å². The minimum absolute atomic E-state index is 0.0507. The molecular weight excluding hydrogens is 268 g/mol. The van der Waals surface area contributed by atoms with Crippen molar-refractivity contribution in [3.63, 3.8) is 0 Å². The number of ether oxygens (including phenoxy) is 1.